The van der Waals surface area contributed by atoms with Gasteiger partial charge in [0.15, 0.2) is 0 Å². The lowest BCUT2D eigenvalue weighted by Gasteiger charge is -2.11. The number of aromatic amines is 1. The molecule has 0 saturated carbocycles. The molecule has 1 aliphatic heterocycles. The highest BCUT2D eigenvalue weighted by Crippen LogP contribution is 2.45. The van der Waals surface area contributed by atoms with Gasteiger partial charge in [-0.25, -0.2) is 9.97 Å². The van der Waals surface area contributed by atoms with E-state index in [0.717, 1.165) is 51.4 Å². The molecule has 0 amide bonds. The molecule has 0 atom stereocenters. The van der Waals surface area contributed by atoms with Crippen LogP contribution in [-0.4, -0.2) is 15.0 Å². The van der Waals surface area contributed by atoms with Gasteiger partial charge in [0.25, 0.3) is 0 Å². The number of hydrogen-bond donors (Lipinski definition) is 1. The number of hydrogen-bond acceptors (Lipinski definition) is 2. The predicted octanol–water partition coefficient (Wildman–Crippen LogP) is 8.66. The molecule has 3 aromatic heterocycles. The summed E-state index contributed by atoms with van der Waals surface area (Å²) in [4.78, 5) is 14.3. The maximum Gasteiger partial charge on any atom is 0.0730 e. The van der Waals surface area contributed by atoms with Gasteiger partial charge >= 0.3 is 0 Å². The molecule has 7 aromatic rings. The molecule has 4 aromatic carbocycles. The van der Waals surface area contributed by atoms with Crippen LogP contribution in [0.3, 0.4) is 0 Å². The molecule has 0 spiro atoms. The van der Waals surface area contributed by atoms with Crippen molar-refractivity contribution in [1.29, 1.82) is 0 Å². The third-order valence-electron chi connectivity index (χ3n) is 8.27. The third kappa shape index (κ3) is 2.63. The van der Waals surface area contributed by atoms with Crippen molar-refractivity contribution < 1.29 is 0 Å². The van der Waals surface area contributed by atoms with Gasteiger partial charge in [0.05, 0.1) is 33.8 Å². The molecule has 8 bridgehead atoms. The Morgan fingerprint density at radius 2 is 0.763 bits per heavy atom. The zero-order valence-corrected chi connectivity index (χ0v) is 20.5. The Bertz CT molecular complexity index is 1970. The minimum absolute atomic E-state index is 0.873. The molecule has 3 nitrogen and oxygen atoms in total. The number of fused-ring (bicyclic) bond motifs is 10. The fraction of sp³-hybridized carbons (Fsp3) is 0.0286. The second-order valence-corrected chi connectivity index (χ2v) is 10.2. The Hall–Kier alpha value is -5.02. The number of nitrogens with zero attached hydrogens (tertiary/aromatic N) is 2. The minimum Gasteiger partial charge on any atom is -0.353 e. The molecule has 1 aliphatic carbocycles. The number of nitrogens with one attached hydrogen (secondary N) is 1. The average molecular weight is 484 g/mol. The first kappa shape index (κ1) is 20.1. The van der Waals surface area contributed by atoms with Gasteiger partial charge in [-0.05, 0) is 46.5 Å². The van der Waals surface area contributed by atoms with Crippen molar-refractivity contribution in [3.8, 4) is 56.2 Å². The lowest BCUT2D eigenvalue weighted by molar-refractivity contribution is 1.23. The highest BCUT2D eigenvalue weighted by molar-refractivity contribution is 6.15. The van der Waals surface area contributed by atoms with Crippen LogP contribution in [0.2, 0.25) is 0 Å². The van der Waals surface area contributed by atoms with Crippen molar-refractivity contribution in [2.45, 2.75) is 6.42 Å². The average Bonchev–Trinajstić information content (AvgIpc) is 3.55. The van der Waals surface area contributed by atoms with Crippen LogP contribution in [0.1, 0.15) is 11.1 Å². The molecule has 176 valence electrons. The first-order valence-electron chi connectivity index (χ1n) is 13.1. The van der Waals surface area contributed by atoms with Crippen molar-refractivity contribution in [2.24, 2.45) is 0 Å². The van der Waals surface area contributed by atoms with Crippen LogP contribution in [0.25, 0.3) is 78.0 Å². The quantitative estimate of drug-likeness (QED) is 0.234. The van der Waals surface area contributed by atoms with Crippen molar-refractivity contribution in [3.63, 3.8) is 0 Å². The lowest BCUT2D eigenvalue weighted by atomic mass is 9.98. The van der Waals surface area contributed by atoms with Gasteiger partial charge in [0.1, 0.15) is 0 Å². The summed E-state index contributed by atoms with van der Waals surface area (Å²) in [6.07, 6.45) is 0.873. The number of aromatic nitrogens is 3. The van der Waals surface area contributed by atoms with Crippen LogP contribution in [-0.2, 0) is 6.42 Å². The molecule has 38 heavy (non-hydrogen) atoms. The second-order valence-electron chi connectivity index (χ2n) is 10.2. The zero-order valence-electron chi connectivity index (χ0n) is 20.5. The normalized spacial score (nSPS) is 12.6. The predicted molar refractivity (Wildman–Crippen MR) is 155 cm³/mol. The molecular formula is C35H21N3. The Morgan fingerprint density at radius 3 is 1.26 bits per heavy atom. The number of rotatable bonds is 0. The number of pyridine rings is 2. The van der Waals surface area contributed by atoms with Crippen molar-refractivity contribution in [1.82, 2.24) is 15.0 Å². The molecule has 2 aliphatic rings. The van der Waals surface area contributed by atoms with Crippen LogP contribution in [0, 0.1) is 0 Å². The molecule has 0 saturated heterocycles. The van der Waals surface area contributed by atoms with Crippen molar-refractivity contribution >= 4 is 21.8 Å². The van der Waals surface area contributed by atoms with Gasteiger partial charge in [0, 0.05) is 39.4 Å². The summed E-state index contributed by atoms with van der Waals surface area (Å²) in [5.74, 6) is 0. The highest BCUT2D eigenvalue weighted by atomic mass is 14.8. The molecule has 1 N–H and O–H groups in total. The van der Waals surface area contributed by atoms with Gasteiger partial charge in [-0.15, -0.1) is 0 Å². The fourth-order valence-corrected chi connectivity index (χ4v) is 6.56. The fourth-order valence-electron chi connectivity index (χ4n) is 6.56. The van der Waals surface area contributed by atoms with E-state index in [-0.39, 0.29) is 0 Å². The Balaban J connectivity index is 1.46. The van der Waals surface area contributed by atoms with Crippen LogP contribution in [0.4, 0.5) is 0 Å². The van der Waals surface area contributed by atoms with E-state index in [0.29, 0.717) is 0 Å². The van der Waals surface area contributed by atoms with E-state index in [2.05, 4.69) is 114 Å². The minimum atomic E-state index is 0.873. The van der Waals surface area contributed by atoms with Gasteiger partial charge in [-0.3, -0.25) is 0 Å². The van der Waals surface area contributed by atoms with Crippen molar-refractivity contribution in [3.05, 3.63) is 120 Å². The first-order valence-corrected chi connectivity index (χ1v) is 13.1. The summed E-state index contributed by atoms with van der Waals surface area (Å²) in [5.41, 5.74) is 16.1. The van der Waals surface area contributed by atoms with E-state index >= 15 is 0 Å². The Morgan fingerprint density at radius 1 is 0.395 bits per heavy atom. The van der Waals surface area contributed by atoms with E-state index in [9.17, 15) is 0 Å². The van der Waals surface area contributed by atoms with Crippen LogP contribution < -0.4 is 0 Å². The molecule has 9 rings (SSSR count). The molecule has 3 heteroatoms. The monoisotopic (exact) mass is 483 g/mol. The maximum absolute atomic E-state index is 5.24. The Kier molecular flexibility index (Phi) is 3.84. The van der Waals surface area contributed by atoms with Crippen LogP contribution >= 0.6 is 0 Å². The van der Waals surface area contributed by atoms with Gasteiger partial charge in [0.2, 0.25) is 0 Å². The topological polar surface area (TPSA) is 41.6 Å². The van der Waals surface area contributed by atoms with Gasteiger partial charge in [-0.2, -0.15) is 0 Å². The summed E-state index contributed by atoms with van der Waals surface area (Å²) < 4.78 is 0. The van der Waals surface area contributed by atoms with E-state index in [1.807, 2.05) is 0 Å². The summed E-state index contributed by atoms with van der Waals surface area (Å²) >= 11 is 0. The van der Waals surface area contributed by atoms with Gasteiger partial charge in [-0.1, -0.05) is 84.9 Å². The Labute approximate surface area is 219 Å². The number of H-pyrrole nitrogens is 1. The first-order chi connectivity index (χ1) is 18.8. The van der Waals surface area contributed by atoms with E-state index in [1.54, 1.807) is 0 Å². The summed E-state index contributed by atoms with van der Waals surface area (Å²) in [6, 6.07) is 39.0. The largest absolute Gasteiger partial charge is 0.353 e. The number of benzene rings is 4. The smallest absolute Gasteiger partial charge is 0.0730 e. The maximum atomic E-state index is 5.24. The van der Waals surface area contributed by atoms with Crippen LogP contribution in [0.5, 0.6) is 0 Å². The second kappa shape index (κ2) is 7.27. The molecule has 0 radical (unpaired) electrons. The number of para-hydroxylation sites is 2. The van der Waals surface area contributed by atoms with E-state index in [4.69, 9.17) is 9.97 Å². The SMILES string of the molecule is c1cc2nc(c1)-c1cccc3c1[nH]c1c(cccc13)-c1cccc(n1)-c1cccc3c1Cc1c-2cccc1-3. The van der Waals surface area contributed by atoms with E-state index in [1.165, 1.54) is 44.2 Å². The molecule has 0 unspecified atom stereocenters. The summed E-state index contributed by atoms with van der Waals surface area (Å²) in [6.45, 7) is 0. The standard InChI is InChI=1S/C35H21N3/c1-7-20-21-8-2-10-23-29(21)19-28(20)22(9-1)30-15-5-17-32(36-30)26-13-3-11-24-25-12-4-14-27(35(25)38-34(24)26)33-18-6-16-31(23)37-33/h1-18,38H,19H2. The zero-order chi connectivity index (χ0) is 24.8. The van der Waals surface area contributed by atoms with Crippen LogP contribution in [0.15, 0.2) is 109 Å². The summed E-state index contributed by atoms with van der Waals surface area (Å²) in [7, 11) is 0. The van der Waals surface area contributed by atoms with Crippen molar-refractivity contribution in [2.75, 3.05) is 0 Å². The lowest BCUT2D eigenvalue weighted by Crippen LogP contribution is -1.95. The van der Waals surface area contributed by atoms with Gasteiger partial charge < -0.3 is 4.98 Å². The molecular weight excluding hydrogens is 462 g/mol. The summed E-state index contributed by atoms with van der Waals surface area (Å²) in [5, 5.41) is 2.40. The highest BCUT2D eigenvalue weighted by Gasteiger charge is 2.26. The van der Waals surface area contributed by atoms with E-state index < -0.39 is 0 Å². The molecule has 0 fully saturated rings. The third-order valence-corrected chi connectivity index (χ3v) is 8.27. The molecule has 4 heterocycles.